The van der Waals surface area contributed by atoms with E-state index in [0.29, 0.717) is 0 Å². The van der Waals surface area contributed by atoms with E-state index in [4.69, 9.17) is 9.47 Å². The lowest BCUT2D eigenvalue weighted by molar-refractivity contribution is -0.158. The van der Waals surface area contributed by atoms with Crippen LogP contribution in [0.15, 0.2) is 0 Å². The summed E-state index contributed by atoms with van der Waals surface area (Å²) in [6.07, 6.45) is 1.59. The fourth-order valence-electron chi connectivity index (χ4n) is 1.79. The number of hydrogen-bond acceptors (Lipinski definition) is 6. The summed E-state index contributed by atoms with van der Waals surface area (Å²) in [4.78, 5) is 25.0. The Bertz CT molecular complexity index is 278. The van der Waals surface area contributed by atoms with Crippen molar-refractivity contribution in [3.05, 3.63) is 0 Å². The van der Waals surface area contributed by atoms with Crippen LogP contribution in [0.5, 0.6) is 0 Å². The van der Waals surface area contributed by atoms with Gasteiger partial charge < -0.3 is 14.8 Å². The highest BCUT2D eigenvalue weighted by Crippen LogP contribution is 1.99. The van der Waals surface area contributed by atoms with E-state index in [1.165, 1.54) is 0 Å². The molecule has 0 saturated carbocycles. The molecule has 1 unspecified atom stereocenters. The molecule has 1 N–H and O–H groups in total. The molecule has 0 aromatic heterocycles. The van der Waals surface area contributed by atoms with Crippen LogP contribution in [0, 0.1) is 0 Å². The van der Waals surface area contributed by atoms with Gasteiger partial charge in [0.05, 0.1) is 13.1 Å². The summed E-state index contributed by atoms with van der Waals surface area (Å²) in [7, 11) is 1.67. The Morgan fingerprint density at radius 3 is 2.25 bits per heavy atom. The number of ether oxygens (including phenoxy) is 2. The number of carbonyl (C=O) groups is 2. The Balaban J connectivity index is 3.95. The summed E-state index contributed by atoms with van der Waals surface area (Å²) in [5, 5.41) is 2.70. The van der Waals surface area contributed by atoms with Crippen molar-refractivity contribution < 1.29 is 19.1 Å². The molecule has 0 aliphatic rings. The van der Waals surface area contributed by atoms with Crippen molar-refractivity contribution in [1.82, 2.24) is 10.2 Å². The van der Waals surface area contributed by atoms with E-state index < -0.39 is 6.10 Å². The lowest BCUT2D eigenvalue weighted by Gasteiger charge is -2.21. The number of nitrogens with zero attached hydrogens (tertiary/aromatic N) is 1. The van der Waals surface area contributed by atoms with Gasteiger partial charge in [-0.25, -0.2) is 0 Å². The van der Waals surface area contributed by atoms with Crippen molar-refractivity contribution in [2.45, 2.75) is 39.7 Å². The molecule has 0 saturated heterocycles. The van der Waals surface area contributed by atoms with Crippen molar-refractivity contribution in [2.75, 3.05) is 39.8 Å². The second-order valence-electron chi connectivity index (χ2n) is 4.79. The van der Waals surface area contributed by atoms with Gasteiger partial charge in [0.25, 0.3) is 0 Å². The van der Waals surface area contributed by atoms with E-state index in [0.717, 1.165) is 25.9 Å². The third kappa shape index (κ3) is 9.75. The Labute approximate surface area is 121 Å². The number of rotatable bonds is 11. The highest BCUT2D eigenvalue weighted by atomic mass is 16.6. The van der Waals surface area contributed by atoms with E-state index in [1.54, 1.807) is 14.0 Å². The largest absolute Gasteiger partial charge is 0.461 e. The highest BCUT2D eigenvalue weighted by molar-refractivity contribution is 5.72. The summed E-state index contributed by atoms with van der Waals surface area (Å²) in [6, 6.07) is 0. The van der Waals surface area contributed by atoms with E-state index in [9.17, 15) is 9.59 Å². The standard InChI is InChI=1S/C14H28N2O4/c1-5-7-16(8-6-2)10-14(18)20-12(3)11-19-13(17)9-15-4/h12,15H,5-11H2,1-4H3. The Kier molecular flexibility index (Phi) is 11.0. The Morgan fingerprint density at radius 1 is 1.15 bits per heavy atom. The molecule has 0 aromatic carbocycles. The van der Waals surface area contributed by atoms with E-state index >= 15 is 0 Å². The first-order chi connectivity index (χ1) is 9.53. The summed E-state index contributed by atoms with van der Waals surface area (Å²) >= 11 is 0. The summed E-state index contributed by atoms with van der Waals surface area (Å²) in [5.74, 6) is -0.627. The molecular formula is C14H28N2O4. The molecule has 20 heavy (non-hydrogen) atoms. The number of nitrogens with one attached hydrogen (secondary N) is 1. The Hall–Kier alpha value is -1.14. The van der Waals surface area contributed by atoms with Crippen molar-refractivity contribution in [3.63, 3.8) is 0 Å². The summed E-state index contributed by atoms with van der Waals surface area (Å²) < 4.78 is 10.2. The van der Waals surface area contributed by atoms with Crippen LogP contribution >= 0.6 is 0 Å². The summed E-state index contributed by atoms with van der Waals surface area (Å²) in [5.41, 5.74) is 0. The van der Waals surface area contributed by atoms with Crippen LogP contribution in [-0.2, 0) is 19.1 Å². The average molecular weight is 288 g/mol. The lowest BCUT2D eigenvalue weighted by atomic mass is 10.3. The number of likely N-dealkylation sites (N-methyl/N-ethyl adjacent to an activating group) is 1. The van der Waals surface area contributed by atoms with Gasteiger partial charge in [0, 0.05) is 0 Å². The zero-order valence-corrected chi connectivity index (χ0v) is 13.1. The molecule has 0 fully saturated rings. The third-order valence-corrected chi connectivity index (χ3v) is 2.57. The maximum Gasteiger partial charge on any atom is 0.320 e. The SMILES string of the molecule is CCCN(CCC)CC(=O)OC(C)COC(=O)CNC. The van der Waals surface area contributed by atoms with Crippen LogP contribution in [0.1, 0.15) is 33.6 Å². The second-order valence-corrected chi connectivity index (χ2v) is 4.79. The smallest absolute Gasteiger partial charge is 0.320 e. The van der Waals surface area contributed by atoms with Crippen molar-refractivity contribution in [1.29, 1.82) is 0 Å². The molecule has 6 heteroatoms. The van der Waals surface area contributed by atoms with Crippen LogP contribution in [0.2, 0.25) is 0 Å². The molecule has 0 amide bonds. The number of hydrogen-bond donors (Lipinski definition) is 1. The predicted molar refractivity (Wildman–Crippen MR) is 77.5 cm³/mol. The molecule has 0 radical (unpaired) electrons. The van der Waals surface area contributed by atoms with E-state index in [1.807, 2.05) is 0 Å². The first-order valence-corrected chi connectivity index (χ1v) is 7.25. The van der Waals surface area contributed by atoms with Crippen LogP contribution < -0.4 is 5.32 Å². The van der Waals surface area contributed by atoms with Gasteiger partial charge in [0.15, 0.2) is 0 Å². The quantitative estimate of drug-likeness (QED) is 0.567. The number of carbonyl (C=O) groups excluding carboxylic acids is 2. The van der Waals surface area contributed by atoms with Gasteiger partial charge in [-0.3, -0.25) is 14.5 Å². The molecule has 0 aliphatic carbocycles. The molecule has 118 valence electrons. The lowest BCUT2D eigenvalue weighted by Crippen LogP contribution is -2.35. The van der Waals surface area contributed by atoms with Gasteiger partial charge in [-0.15, -0.1) is 0 Å². The molecule has 0 aromatic rings. The minimum atomic E-state index is -0.423. The van der Waals surface area contributed by atoms with Crippen molar-refractivity contribution >= 4 is 11.9 Å². The van der Waals surface area contributed by atoms with E-state index in [2.05, 4.69) is 24.1 Å². The first-order valence-electron chi connectivity index (χ1n) is 7.25. The average Bonchev–Trinajstić information content (AvgIpc) is 2.37. The molecule has 0 spiro atoms. The number of esters is 2. The topological polar surface area (TPSA) is 67.9 Å². The third-order valence-electron chi connectivity index (χ3n) is 2.57. The van der Waals surface area contributed by atoms with Crippen molar-refractivity contribution in [3.8, 4) is 0 Å². The van der Waals surface area contributed by atoms with Gasteiger partial charge in [-0.05, 0) is 39.9 Å². The zero-order valence-electron chi connectivity index (χ0n) is 13.1. The minimum absolute atomic E-state index is 0.0911. The molecule has 1 atom stereocenters. The summed E-state index contributed by atoms with van der Waals surface area (Å²) in [6.45, 7) is 8.18. The molecule has 6 nitrogen and oxygen atoms in total. The van der Waals surface area contributed by atoms with Gasteiger partial charge >= 0.3 is 11.9 Å². The zero-order chi connectivity index (χ0) is 15.4. The monoisotopic (exact) mass is 288 g/mol. The molecule has 0 aliphatic heterocycles. The van der Waals surface area contributed by atoms with Gasteiger partial charge in [0.2, 0.25) is 0 Å². The maximum absolute atomic E-state index is 11.8. The van der Waals surface area contributed by atoms with Crippen LogP contribution in [-0.4, -0.2) is 62.8 Å². The van der Waals surface area contributed by atoms with Gasteiger partial charge in [-0.2, -0.15) is 0 Å². The van der Waals surface area contributed by atoms with Crippen molar-refractivity contribution in [2.24, 2.45) is 0 Å². The second kappa shape index (κ2) is 11.7. The normalized spacial score (nSPS) is 12.2. The van der Waals surface area contributed by atoms with Gasteiger partial charge in [-0.1, -0.05) is 13.8 Å². The maximum atomic E-state index is 11.8. The molecule has 0 bridgehead atoms. The fourth-order valence-corrected chi connectivity index (χ4v) is 1.79. The van der Waals surface area contributed by atoms with Crippen LogP contribution in [0.3, 0.4) is 0 Å². The van der Waals surface area contributed by atoms with Gasteiger partial charge in [0.1, 0.15) is 12.7 Å². The van der Waals surface area contributed by atoms with Crippen LogP contribution in [0.25, 0.3) is 0 Å². The predicted octanol–water partition coefficient (Wildman–Crippen LogP) is 0.803. The minimum Gasteiger partial charge on any atom is -0.461 e. The van der Waals surface area contributed by atoms with Crippen LogP contribution in [0.4, 0.5) is 0 Å². The van der Waals surface area contributed by atoms with E-state index in [-0.39, 0.29) is 31.6 Å². The highest BCUT2D eigenvalue weighted by Gasteiger charge is 2.15. The Morgan fingerprint density at radius 2 is 1.75 bits per heavy atom. The molecule has 0 rings (SSSR count). The molecular weight excluding hydrogens is 260 g/mol. The first kappa shape index (κ1) is 18.9. The molecule has 0 heterocycles. The fraction of sp³-hybridized carbons (Fsp3) is 0.857.